The van der Waals surface area contributed by atoms with Gasteiger partial charge >= 0.3 is 12.2 Å². The maximum atomic E-state index is 12.0. The second-order valence-electron chi connectivity index (χ2n) is 14.2. The Hall–Kier alpha value is -1.90. The van der Waals surface area contributed by atoms with Crippen LogP contribution in [0.4, 0.5) is 9.59 Å². The molecule has 10 nitrogen and oxygen atoms in total. The summed E-state index contributed by atoms with van der Waals surface area (Å²) in [6.45, 7) is 3.89. The van der Waals surface area contributed by atoms with Gasteiger partial charge in [0.25, 0.3) is 0 Å². The van der Waals surface area contributed by atoms with Crippen molar-refractivity contribution in [2.45, 2.75) is 135 Å². The van der Waals surface area contributed by atoms with Crippen molar-refractivity contribution in [3.8, 4) is 23.0 Å². The lowest BCUT2D eigenvalue weighted by molar-refractivity contribution is 0.0683. The fourth-order valence-electron chi connectivity index (χ4n) is 7.65. The molecule has 0 spiro atoms. The van der Waals surface area contributed by atoms with Crippen molar-refractivity contribution in [2.75, 3.05) is 0 Å². The van der Waals surface area contributed by atoms with Gasteiger partial charge in [-0.25, -0.2) is 9.59 Å². The molecule has 2 amide bonds. The van der Waals surface area contributed by atoms with Crippen LogP contribution in [0.3, 0.4) is 0 Å². The van der Waals surface area contributed by atoms with Crippen LogP contribution in [0.25, 0.3) is 0 Å². The lowest BCUT2D eigenvalue weighted by Crippen LogP contribution is -2.22. The van der Waals surface area contributed by atoms with Gasteiger partial charge in [0.15, 0.2) is 0 Å². The number of halogens is 4. The van der Waals surface area contributed by atoms with Gasteiger partial charge in [0.05, 0.1) is 7.47 Å². The van der Waals surface area contributed by atoms with Crippen molar-refractivity contribution >= 4 is 75.9 Å². The normalized spacial score (nSPS) is 23.6. The summed E-state index contributed by atoms with van der Waals surface area (Å²) in [5.41, 5.74) is 12.9. The van der Waals surface area contributed by atoms with E-state index in [2.05, 4.69) is 63.7 Å². The van der Waals surface area contributed by atoms with E-state index < -0.39 is 24.4 Å². The monoisotopic (exact) mass is 982 g/mol. The van der Waals surface area contributed by atoms with Gasteiger partial charge in [-0.1, -0.05) is 116 Å². The van der Waals surface area contributed by atoms with Crippen molar-refractivity contribution in [2.24, 2.45) is 23.3 Å². The van der Waals surface area contributed by atoms with Crippen molar-refractivity contribution in [3.05, 3.63) is 46.5 Å². The van der Waals surface area contributed by atoms with Crippen LogP contribution in [0.15, 0.2) is 24.3 Å². The fourth-order valence-corrected chi connectivity index (χ4v) is 8.94. The summed E-state index contributed by atoms with van der Waals surface area (Å²) < 4.78 is 11.5. The molecule has 52 heavy (non-hydrogen) atoms. The van der Waals surface area contributed by atoms with Crippen LogP contribution in [0, 0.1) is 11.8 Å². The van der Waals surface area contributed by atoms with Crippen LogP contribution >= 0.6 is 63.7 Å². The number of phenolic OH excluding ortho intramolecular Hbond substituents is 4. The average Bonchev–Trinajstić information content (AvgIpc) is 3.03. The summed E-state index contributed by atoms with van der Waals surface area (Å²) in [5, 5.41) is 45.6. The van der Waals surface area contributed by atoms with Crippen molar-refractivity contribution in [1.82, 2.24) is 0 Å². The van der Waals surface area contributed by atoms with E-state index in [-0.39, 0.29) is 54.1 Å². The predicted octanol–water partition coefficient (Wildman–Crippen LogP) is 11.6. The summed E-state index contributed by atoms with van der Waals surface area (Å²) in [4.78, 5) is 24.1. The Balaban J connectivity index is 2.04. The highest BCUT2D eigenvalue weighted by Crippen LogP contribution is 2.46. The third-order valence-corrected chi connectivity index (χ3v) is 12.0. The van der Waals surface area contributed by atoms with Gasteiger partial charge in [-0.05, 0) is 99.3 Å². The van der Waals surface area contributed by atoms with Crippen molar-refractivity contribution in [1.29, 1.82) is 0 Å². The minimum atomic E-state index is -0.942. The maximum Gasteiger partial charge on any atom is 0.405 e. The van der Waals surface area contributed by atoms with Gasteiger partial charge in [-0.2, -0.15) is 0 Å². The molecule has 6 rings (SSSR count). The Morgan fingerprint density at radius 1 is 0.635 bits per heavy atom. The molecule has 2 aromatic carbocycles. The van der Waals surface area contributed by atoms with E-state index in [1.54, 1.807) is 24.3 Å². The highest BCUT2D eigenvalue weighted by Gasteiger charge is 2.30. The van der Waals surface area contributed by atoms with Gasteiger partial charge in [-0.3, -0.25) is 0 Å². The number of rotatable bonds is 10. The van der Waals surface area contributed by atoms with Gasteiger partial charge in [0.1, 0.15) is 35.2 Å². The molecule has 0 aliphatic heterocycles. The van der Waals surface area contributed by atoms with E-state index in [4.69, 9.17) is 20.9 Å². The Morgan fingerprint density at radius 2 is 0.942 bits per heavy atom. The van der Waals surface area contributed by atoms with Crippen LogP contribution in [0.1, 0.15) is 150 Å². The molecule has 14 heteroatoms. The number of nitrogens with two attached hydrogens (primary N) is 2. The quantitative estimate of drug-likeness (QED) is 0.127. The molecule has 2 aromatic rings. The van der Waals surface area contributed by atoms with E-state index in [1.165, 1.54) is 0 Å². The van der Waals surface area contributed by atoms with E-state index in [9.17, 15) is 30.0 Å². The van der Waals surface area contributed by atoms with Gasteiger partial charge in [0, 0.05) is 22.3 Å². The summed E-state index contributed by atoms with van der Waals surface area (Å²) >= 11 is 14.1. The molecule has 0 radical (unpaired) electrons. The zero-order valence-electron chi connectivity index (χ0n) is 29.9. The second kappa shape index (κ2) is 21.9. The summed E-state index contributed by atoms with van der Waals surface area (Å²) in [6, 6.07) is 6.32. The van der Waals surface area contributed by atoms with Crippen molar-refractivity contribution < 1.29 is 39.5 Å². The third-order valence-electron chi connectivity index (χ3n) is 10.2. The number of alkyl halides is 4. The molecule has 4 aliphatic carbocycles. The van der Waals surface area contributed by atoms with E-state index in [0.717, 1.165) is 51.4 Å². The first-order valence-electron chi connectivity index (χ1n) is 18.2. The van der Waals surface area contributed by atoms with Crippen LogP contribution < -0.4 is 11.5 Å². The maximum absolute atomic E-state index is 12.0. The minimum Gasteiger partial charge on any atom is -0.508 e. The molecular formula is C38H54Br4N2O8. The topological polar surface area (TPSA) is 186 Å². The minimum absolute atomic E-state index is 0.0513. The number of carbonyl (C=O) groups excluding carboxylic acids is 2. The molecule has 0 heterocycles. The molecule has 4 aliphatic rings. The molecule has 8 N–H and O–H groups in total. The number of benzene rings is 2. The lowest BCUT2D eigenvalue weighted by Gasteiger charge is -2.28. The van der Waals surface area contributed by atoms with Gasteiger partial charge in [-0.15, -0.1) is 0 Å². The number of amides is 2. The first-order chi connectivity index (χ1) is 24.6. The summed E-state index contributed by atoms with van der Waals surface area (Å²) in [7, 11) is 0. The first-order valence-corrected chi connectivity index (χ1v) is 21.8. The zero-order valence-corrected chi connectivity index (χ0v) is 36.3. The molecule has 0 saturated heterocycles. The average molecular weight is 986 g/mol. The number of hydrogen-bond acceptors (Lipinski definition) is 8. The molecule has 6 atom stereocenters. The second-order valence-corrected chi connectivity index (χ2v) is 21.1. The number of phenols is 4. The molecule has 0 aromatic heterocycles. The zero-order chi connectivity index (χ0) is 38.5. The molecule has 0 unspecified atom stereocenters. The molecule has 0 saturated carbocycles. The van der Waals surface area contributed by atoms with Gasteiger partial charge < -0.3 is 41.4 Å². The smallest absolute Gasteiger partial charge is 0.405 e. The van der Waals surface area contributed by atoms with Crippen LogP contribution in [0.5, 0.6) is 23.0 Å². The molecular weight excluding hydrogens is 932 g/mol. The highest BCUT2D eigenvalue weighted by atomic mass is 79.9. The number of aromatic hydroxyl groups is 4. The highest BCUT2D eigenvalue weighted by molar-refractivity contribution is 9.25. The molecule has 292 valence electrons. The number of ether oxygens (including phenoxy) is 2. The Bertz CT molecular complexity index is 1310. The third kappa shape index (κ3) is 13.7. The van der Waals surface area contributed by atoms with Crippen LogP contribution in [-0.4, -0.2) is 40.1 Å². The molecule has 0 fully saturated rings. The summed E-state index contributed by atoms with van der Waals surface area (Å²) in [5.74, 6) is -0.922. The Kier molecular flexibility index (Phi) is 18.7. The standard InChI is InChI=1S/C38H54Br4N2O8/c1-21-9-3-5-11-23(13-7-15-31(39)40)34-29(47)19-26(20-30(34)48)36(52-38(44)50)22(2)10-4-6-12-24(14-8-16-32(41)42)33-27(45)17-25(18-28(33)46)35(21)51-37(43)49/h17-24,31-32,35-36,45-48H,3-16H2,1-2H3,(H2,43,49)(H2,44,50)/t21-,22-,23+,24+,35+,36+/m0/s1. The number of hydrogen-bond donors (Lipinski definition) is 6. The lowest BCUT2D eigenvalue weighted by atomic mass is 9.83. The van der Waals surface area contributed by atoms with Gasteiger partial charge in [0.2, 0.25) is 0 Å². The van der Waals surface area contributed by atoms with E-state index in [0.29, 0.717) is 60.8 Å². The molecule has 4 bridgehead atoms. The van der Waals surface area contributed by atoms with Crippen LogP contribution in [-0.2, 0) is 9.47 Å². The van der Waals surface area contributed by atoms with E-state index >= 15 is 0 Å². The van der Waals surface area contributed by atoms with E-state index in [1.807, 2.05) is 13.8 Å². The van der Waals surface area contributed by atoms with Crippen molar-refractivity contribution in [3.63, 3.8) is 0 Å². The number of primary amides is 2. The summed E-state index contributed by atoms with van der Waals surface area (Å²) in [6.07, 6.45) is 6.92. The van der Waals surface area contributed by atoms with Crippen LogP contribution in [0.2, 0.25) is 0 Å². The Morgan fingerprint density at radius 3 is 1.23 bits per heavy atom. The predicted molar refractivity (Wildman–Crippen MR) is 218 cm³/mol. The number of carbonyl (C=O) groups is 2. The Labute approximate surface area is 341 Å². The SMILES string of the molecule is C[C@H]1CCCC[C@H](CCCC(Br)Br)c2c(O)cc(cc2O)[C@H](OC(N)=O)[C@@H](C)CCCC[C@H](CCCC(Br)Br)c2c(O)cc(cc2O)[C@@H]1OC(N)=O. The fraction of sp³-hybridized carbons (Fsp3) is 0.632. The first kappa shape index (κ1) is 44.5. The largest absolute Gasteiger partial charge is 0.508 e.